The van der Waals surface area contributed by atoms with Gasteiger partial charge in [-0.2, -0.15) is 5.10 Å². The Kier molecular flexibility index (Phi) is 2.79. The average molecular weight is 231 g/mol. The molecule has 2 aromatic rings. The zero-order valence-corrected chi connectivity index (χ0v) is 10.6. The van der Waals surface area contributed by atoms with Crippen molar-refractivity contribution in [3.05, 3.63) is 29.0 Å². The first-order chi connectivity index (χ1) is 8.04. The number of nitrogens with one attached hydrogen (secondary N) is 1. The molecule has 0 fully saturated rings. The van der Waals surface area contributed by atoms with E-state index < -0.39 is 0 Å². The highest BCUT2D eigenvalue weighted by molar-refractivity contribution is 5.81. The van der Waals surface area contributed by atoms with Gasteiger partial charge in [0.1, 0.15) is 5.75 Å². The van der Waals surface area contributed by atoms with Crippen molar-refractivity contribution in [1.82, 2.24) is 10.2 Å². The van der Waals surface area contributed by atoms with E-state index in [-0.39, 0.29) is 0 Å². The van der Waals surface area contributed by atoms with E-state index >= 15 is 0 Å². The minimum atomic E-state index is 0.505. The maximum Gasteiger partial charge on any atom is 0.153 e. The lowest BCUT2D eigenvalue weighted by molar-refractivity contribution is 0.413. The molecule has 0 saturated carbocycles. The molecule has 0 atom stereocenters. The van der Waals surface area contributed by atoms with Crippen molar-refractivity contribution in [3.8, 4) is 16.9 Å². The van der Waals surface area contributed by atoms with Gasteiger partial charge in [-0.25, -0.2) is 0 Å². The van der Waals surface area contributed by atoms with Crippen LogP contribution in [0.25, 0.3) is 11.1 Å². The fourth-order valence-corrected chi connectivity index (χ4v) is 2.20. The lowest BCUT2D eigenvalue weighted by atomic mass is 9.99. The van der Waals surface area contributed by atoms with Crippen molar-refractivity contribution in [2.75, 3.05) is 12.8 Å². The van der Waals surface area contributed by atoms with Gasteiger partial charge in [0, 0.05) is 16.8 Å². The Balaban J connectivity index is 2.74. The Hall–Kier alpha value is -1.97. The van der Waals surface area contributed by atoms with E-state index in [4.69, 9.17) is 10.5 Å². The van der Waals surface area contributed by atoms with Gasteiger partial charge in [-0.05, 0) is 38.0 Å². The molecule has 0 unspecified atom stereocenters. The smallest absolute Gasteiger partial charge is 0.153 e. The number of benzene rings is 1. The molecule has 4 heteroatoms. The molecule has 2 rings (SSSR count). The first-order valence-electron chi connectivity index (χ1n) is 5.50. The number of aryl methyl sites for hydroxylation is 3. The van der Waals surface area contributed by atoms with Gasteiger partial charge in [0.2, 0.25) is 0 Å². The van der Waals surface area contributed by atoms with Crippen molar-refractivity contribution >= 4 is 5.82 Å². The van der Waals surface area contributed by atoms with Crippen LogP contribution in [0.3, 0.4) is 0 Å². The van der Waals surface area contributed by atoms with Gasteiger partial charge in [-0.15, -0.1) is 0 Å². The first kappa shape index (κ1) is 11.5. The summed E-state index contributed by atoms with van der Waals surface area (Å²) in [6.45, 7) is 6.04. The molecule has 0 bridgehead atoms. The lowest BCUT2D eigenvalue weighted by Crippen LogP contribution is -1.95. The van der Waals surface area contributed by atoms with Gasteiger partial charge in [0.25, 0.3) is 0 Å². The molecular weight excluding hydrogens is 214 g/mol. The molecule has 0 spiro atoms. The standard InChI is InChI=1S/C13H17N3O/c1-7-5-8(2)12(17-4)10(6-7)11-9(3)15-16-13(11)14/h5-6H,1-4H3,(H3,14,15,16). The molecule has 0 aliphatic heterocycles. The number of methoxy groups -OCH3 is 1. The maximum atomic E-state index is 5.90. The Bertz CT molecular complexity index is 539. The molecule has 0 radical (unpaired) electrons. The third-order valence-electron chi connectivity index (χ3n) is 2.87. The zero-order chi connectivity index (χ0) is 12.6. The van der Waals surface area contributed by atoms with Crippen molar-refractivity contribution < 1.29 is 4.74 Å². The molecule has 0 aliphatic carbocycles. The molecule has 0 aliphatic rings. The van der Waals surface area contributed by atoms with Crippen LogP contribution in [0.2, 0.25) is 0 Å². The predicted molar refractivity (Wildman–Crippen MR) is 69.2 cm³/mol. The van der Waals surface area contributed by atoms with Crippen LogP contribution >= 0.6 is 0 Å². The number of hydrogen-bond donors (Lipinski definition) is 2. The normalized spacial score (nSPS) is 10.6. The number of hydrogen-bond acceptors (Lipinski definition) is 3. The number of aromatic nitrogens is 2. The summed E-state index contributed by atoms with van der Waals surface area (Å²) in [5, 5.41) is 6.92. The average Bonchev–Trinajstić information content (AvgIpc) is 2.57. The molecule has 3 N–H and O–H groups in total. The van der Waals surface area contributed by atoms with Crippen LogP contribution in [0.4, 0.5) is 5.82 Å². The van der Waals surface area contributed by atoms with E-state index in [0.717, 1.165) is 28.1 Å². The first-order valence-corrected chi connectivity index (χ1v) is 5.50. The lowest BCUT2D eigenvalue weighted by Gasteiger charge is -2.13. The molecule has 90 valence electrons. The van der Waals surface area contributed by atoms with Crippen molar-refractivity contribution in [3.63, 3.8) is 0 Å². The summed E-state index contributed by atoms with van der Waals surface area (Å²) in [5.41, 5.74) is 11.0. The maximum absolute atomic E-state index is 5.90. The third-order valence-corrected chi connectivity index (χ3v) is 2.87. The number of ether oxygens (including phenoxy) is 1. The summed E-state index contributed by atoms with van der Waals surface area (Å²) < 4.78 is 5.47. The van der Waals surface area contributed by atoms with Crippen LogP contribution in [0.5, 0.6) is 5.75 Å². The summed E-state index contributed by atoms with van der Waals surface area (Å²) in [4.78, 5) is 0. The third kappa shape index (κ3) is 1.86. The minimum Gasteiger partial charge on any atom is -0.496 e. The Labute approximate surface area is 101 Å². The highest BCUT2D eigenvalue weighted by Gasteiger charge is 2.16. The van der Waals surface area contributed by atoms with Crippen LogP contribution in [-0.4, -0.2) is 17.3 Å². The topological polar surface area (TPSA) is 63.9 Å². The van der Waals surface area contributed by atoms with Gasteiger partial charge in [0.15, 0.2) is 5.82 Å². The van der Waals surface area contributed by atoms with E-state index in [1.165, 1.54) is 5.56 Å². The van der Waals surface area contributed by atoms with E-state index in [2.05, 4.69) is 29.3 Å². The molecule has 1 aromatic carbocycles. The highest BCUT2D eigenvalue weighted by atomic mass is 16.5. The predicted octanol–water partition coefficient (Wildman–Crippen LogP) is 2.59. The summed E-state index contributed by atoms with van der Waals surface area (Å²) in [6.07, 6.45) is 0. The monoisotopic (exact) mass is 231 g/mol. The largest absolute Gasteiger partial charge is 0.496 e. The number of anilines is 1. The van der Waals surface area contributed by atoms with Crippen molar-refractivity contribution in [2.24, 2.45) is 0 Å². The second-order valence-electron chi connectivity index (χ2n) is 4.27. The van der Waals surface area contributed by atoms with Gasteiger partial charge in [0.05, 0.1) is 7.11 Å². The van der Waals surface area contributed by atoms with E-state index in [9.17, 15) is 0 Å². The van der Waals surface area contributed by atoms with Gasteiger partial charge < -0.3 is 10.5 Å². The number of H-pyrrole nitrogens is 1. The van der Waals surface area contributed by atoms with Crippen molar-refractivity contribution in [1.29, 1.82) is 0 Å². The summed E-state index contributed by atoms with van der Waals surface area (Å²) in [7, 11) is 1.67. The molecular formula is C13H17N3O. The van der Waals surface area contributed by atoms with Crippen LogP contribution in [0.15, 0.2) is 12.1 Å². The minimum absolute atomic E-state index is 0.505. The van der Waals surface area contributed by atoms with Crippen LogP contribution in [-0.2, 0) is 0 Å². The second-order valence-corrected chi connectivity index (χ2v) is 4.27. The molecule has 17 heavy (non-hydrogen) atoms. The van der Waals surface area contributed by atoms with Crippen LogP contribution in [0, 0.1) is 20.8 Å². The van der Waals surface area contributed by atoms with Crippen LogP contribution in [0.1, 0.15) is 16.8 Å². The Morgan fingerprint density at radius 2 is 1.94 bits per heavy atom. The van der Waals surface area contributed by atoms with Crippen LogP contribution < -0.4 is 10.5 Å². The highest BCUT2D eigenvalue weighted by Crippen LogP contribution is 2.37. The number of rotatable bonds is 2. The molecule has 1 aromatic heterocycles. The number of nitrogens with zero attached hydrogens (tertiary/aromatic N) is 1. The second kappa shape index (κ2) is 4.13. The number of nitrogen functional groups attached to an aromatic ring is 1. The van der Waals surface area contributed by atoms with Gasteiger partial charge in [-0.3, -0.25) is 5.10 Å². The molecule has 4 nitrogen and oxygen atoms in total. The number of nitrogens with two attached hydrogens (primary N) is 1. The molecule has 0 saturated heterocycles. The SMILES string of the molecule is COc1c(C)cc(C)cc1-c1c(N)n[nH]c1C. The van der Waals surface area contributed by atoms with Crippen molar-refractivity contribution in [2.45, 2.75) is 20.8 Å². The quantitative estimate of drug-likeness (QED) is 0.835. The summed E-state index contributed by atoms with van der Waals surface area (Å²) in [5.74, 6) is 1.36. The Morgan fingerprint density at radius 1 is 1.24 bits per heavy atom. The van der Waals surface area contributed by atoms with Gasteiger partial charge in [-0.1, -0.05) is 6.07 Å². The van der Waals surface area contributed by atoms with E-state index in [1.807, 2.05) is 13.8 Å². The molecule has 0 amide bonds. The Morgan fingerprint density at radius 3 is 2.47 bits per heavy atom. The number of aromatic amines is 1. The fourth-order valence-electron chi connectivity index (χ4n) is 2.20. The molecule has 1 heterocycles. The summed E-state index contributed by atoms with van der Waals surface area (Å²) >= 11 is 0. The fraction of sp³-hybridized carbons (Fsp3) is 0.308. The zero-order valence-electron chi connectivity index (χ0n) is 10.6. The van der Waals surface area contributed by atoms with Gasteiger partial charge >= 0.3 is 0 Å². The summed E-state index contributed by atoms with van der Waals surface area (Å²) in [6, 6.07) is 4.16. The van der Waals surface area contributed by atoms with E-state index in [1.54, 1.807) is 7.11 Å². The van der Waals surface area contributed by atoms with E-state index in [0.29, 0.717) is 5.82 Å².